The first-order chi connectivity index (χ1) is 8.66. The van der Waals surface area contributed by atoms with Crippen LogP contribution in [0.3, 0.4) is 0 Å². The predicted molar refractivity (Wildman–Crippen MR) is 74.1 cm³/mol. The van der Waals surface area contributed by atoms with Crippen LogP contribution >= 0.6 is 11.6 Å². The molecule has 94 valence electrons. The third-order valence-corrected chi connectivity index (χ3v) is 2.81. The van der Waals surface area contributed by atoms with Crippen molar-refractivity contribution in [2.75, 3.05) is 6.61 Å². The zero-order valence-electron chi connectivity index (χ0n) is 10.1. The molecule has 0 saturated heterocycles. The van der Waals surface area contributed by atoms with Gasteiger partial charge >= 0.3 is 0 Å². The minimum absolute atomic E-state index is 0.240. The van der Waals surface area contributed by atoms with Gasteiger partial charge in [0.1, 0.15) is 12.4 Å². The van der Waals surface area contributed by atoms with Gasteiger partial charge in [-0.15, -0.1) is 0 Å². The normalized spacial score (nSPS) is 12.2. The van der Waals surface area contributed by atoms with Gasteiger partial charge in [0.05, 0.1) is 11.1 Å². The molecular formula is C15H15ClO2. The molecule has 0 spiro atoms. The molecule has 0 radical (unpaired) electrons. The highest BCUT2D eigenvalue weighted by Crippen LogP contribution is 2.30. The Morgan fingerprint density at radius 3 is 2.44 bits per heavy atom. The van der Waals surface area contributed by atoms with Crippen LogP contribution in [0.25, 0.3) is 11.1 Å². The van der Waals surface area contributed by atoms with Crippen molar-refractivity contribution in [1.82, 2.24) is 0 Å². The second kappa shape index (κ2) is 5.89. The van der Waals surface area contributed by atoms with Crippen LogP contribution in [-0.2, 0) is 0 Å². The van der Waals surface area contributed by atoms with E-state index in [2.05, 4.69) is 0 Å². The number of ether oxygens (including phenoxy) is 1. The van der Waals surface area contributed by atoms with E-state index in [0.29, 0.717) is 10.8 Å². The Kier molecular flexibility index (Phi) is 4.24. The van der Waals surface area contributed by atoms with Gasteiger partial charge < -0.3 is 9.84 Å². The van der Waals surface area contributed by atoms with Crippen LogP contribution in [0.1, 0.15) is 6.92 Å². The molecule has 0 heterocycles. The Hall–Kier alpha value is -1.51. The molecule has 0 aliphatic rings. The molecule has 18 heavy (non-hydrogen) atoms. The zero-order valence-corrected chi connectivity index (χ0v) is 10.9. The molecule has 0 fully saturated rings. The van der Waals surface area contributed by atoms with Gasteiger partial charge in [-0.05, 0) is 30.2 Å². The predicted octanol–water partition coefficient (Wildman–Crippen LogP) is 3.77. The summed E-state index contributed by atoms with van der Waals surface area (Å²) in [6, 6.07) is 15.7. The molecule has 0 aliphatic carbocycles. The van der Waals surface area contributed by atoms with Crippen molar-refractivity contribution in [3.8, 4) is 16.9 Å². The highest BCUT2D eigenvalue weighted by atomic mass is 35.5. The molecule has 0 bridgehead atoms. The van der Waals surface area contributed by atoms with Crippen molar-refractivity contribution >= 4 is 11.6 Å². The maximum Gasteiger partial charge on any atom is 0.138 e. The van der Waals surface area contributed by atoms with E-state index in [0.717, 1.165) is 11.1 Å². The molecule has 2 aromatic rings. The fourth-order valence-corrected chi connectivity index (χ4v) is 1.87. The molecule has 1 atom stereocenters. The lowest BCUT2D eigenvalue weighted by atomic mass is 10.1. The third kappa shape index (κ3) is 3.25. The van der Waals surface area contributed by atoms with Gasteiger partial charge in [-0.1, -0.05) is 48.0 Å². The van der Waals surface area contributed by atoms with E-state index in [-0.39, 0.29) is 6.61 Å². The maximum atomic E-state index is 9.17. The number of benzene rings is 2. The van der Waals surface area contributed by atoms with Gasteiger partial charge in [0.15, 0.2) is 0 Å². The lowest BCUT2D eigenvalue weighted by Gasteiger charge is -2.11. The Bertz CT molecular complexity index is 509. The highest BCUT2D eigenvalue weighted by Gasteiger charge is 2.05. The van der Waals surface area contributed by atoms with Gasteiger partial charge in [-0.2, -0.15) is 0 Å². The van der Waals surface area contributed by atoms with E-state index < -0.39 is 6.10 Å². The zero-order chi connectivity index (χ0) is 13.0. The topological polar surface area (TPSA) is 29.5 Å². The lowest BCUT2D eigenvalue weighted by Crippen LogP contribution is -2.12. The minimum Gasteiger partial charge on any atom is -0.489 e. The smallest absolute Gasteiger partial charge is 0.138 e. The van der Waals surface area contributed by atoms with Crippen molar-refractivity contribution in [2.45, 2.75) is 13.0 Å². The van der Waals surface area contributed by atoms with Crippen molar-refractivity contribution in [2.24, 2.45) is 0 Å². The number of hydrogen-bond acceptors (Lipinski definition) is 2. The summed E-state index contributed by atoms with van der Waals surface area (Å²) in [4.78, 5) is 0. The van der Waals surface area contributed by atoms with Crippen molar-refractivity contribution < 1.29 is 9.84 Å². The summed E-state index contributed by atoms with van der Waals surface area (Å²) in [5.74, 6) is 0.595. The summed E-state index contributed by atoms with van der Waals surface area (Å²) < 4.78 is 5.41. The van der Waals surface area contributed by atoms with Crippen LogP contribution in [0.2, 0.25) is 5.02 Å². The monoisotopic (exact) mass is 262 g/mol. The van der Waals surface area contributed by atoms with E-state index in [4.69, 9.17) is 21.4 Å². The average molecular weight is 263 g/mol. The van der Waals surface area contributed by atoms with Crippen LogP contribution in [-0.4, -0.2) is 17.8 Å². The van der Waals surface area contributed by atoms with Gasteiger partial charge in [0.2, 0.25) is 0 Å². The van der Waals surface area contributed by atoms with E-state index in [1.54, 1.807) is 6.92 Å². The fraction of sp³-hybridized carbons (Fsp3) is 0.200. The highest BCUT2D eigenvalue weighted by molar-refractivity contribution is 6.32. The molecule has 3 heteroatoms. The summed E-state index contributed by atoms with van der Waals surface area (Å²) >= 11 is 6.16. The van der Waals surface area contributed by atoms with E-state index in [1.165, 1.54) is 0 Å². The van der Waals surface area contributed by atoms with Crippen molar-refractivity contribution in [3.05, 3.63) is 53.6 Å². The average Bonchev–Trinajstić information content (AvgIpc) is 2.38. The second-order valence-corrected chi connectivity index (χ2v) is 4.58. The summed E-state index contributed by atoms with van der Waals surface area (Å²) in [7, 11) is 0. The molecule has 0 unspecified atom stereocenters. The quantitative estimate of drug-likeness (QED) is 0.909. The van der Waals surface area contributed by atoms with Crippen LogP contribution < -0.4 is 4.74 Å². The summed E-state index contributed by atoms with van der Waals surface area (Å²) in [5.41, 5.74) is 2.16. The van der Waals surface area contributed by atoms with Crippen molar-refractivity contribution in [1.29, 1.82) is 0 Å². The Morgan fingerprint density at radius 2 is 1.83 bits per heavy atom. The fourth-order valence-electron chi connectivity index (χ4n) is 1.64. The largest absolute Gasteiger partial charge is 0.489 e. The van der Waals surface area contributed by atoms with Gasteiger partial charge in [-0.3, -0.25) is 0 Å². The van der Waals surface area contributed by atoms with E-state index in [9.17, 15) is 0 Å². The van der Waals surface area contributed by atoms with Crippen LogP contribution in [0, 0.1) is 0 Å². The van der Waals surface area contributed by atoms with Crippen LogP contribution in [0.5, 0.6) is 5.75 Å². The van der Waals surface area contributed by atoms with Gasteiger partial charge in [0, 0.05) is 0 Å². The SMILES string of the molecule is C[C@@H](O)COc1ccc(-c2ccccc2)cc1Cl. The molecule has 0 amide bonds. The van der Waals surface area contributed by atoms with Crippen LogP contribution in [0.4, 0.5) is 0 Å². The molecule has 0 aliphatic heterocycles. The lowest BCUT2D eigenvalue weighted by molar-refractivity contribution is 0.123. The van der Waals surface area contributed by atoms with Gasteiger partial charge in [-0.25, -0.2) is 0 Å². The Morgan fingerprint density at radius 1 is 1.11 bits per heavy atom. The van der Waals surface area contributed by atoms with Crippen LogP contribution in [0.15, 0.2) is 48.5 Å². The molecule has 2 aromatic carbocycles. The molecular weight excluding hydrogens is 248 g/mol. The third-order valence-electron chi connectivity index (χ3n) is 2.52. The van der Waals surface area contributed by atoms with Crippen molar-refractivity contribution in [3.63, 3.8) is 0 Å². The number of aliphatic hydroxyl groups is 1. The Labute approximate surface area is 112 Å². The number of aliphatic hydroxyl groups excluding tert-OH is 1. The van der Waals surface area contributed by atoms with E-state index >= 15 is 0 Å². The minimum atomic E-state index is -0.505. The molecule has 2 nitrogen and oxygen atoms in total. The first-order valence-corrected chi connectivity index (χ1v) is 6.20. The summed E-state index contributed by atoms with van der Waals surface area (Å²) in [5, 5.41) is 9.72. The Balaban J connectivity index is 2.20. The number of rotatable bonds is 4. The standard InChI is InChI=1S/C15H15ClO2/c1-11(17)10-18-15-8-7-13(9-14(15)16)12-5-3-2-4-6-12/h2-9,11,17H,10H2,1H3/t11-/m1/s1. The number of hydrogen-bond donors (Lipinski definition) is 1. The van der Waals surface area contributed by atoms with E-state index in [1.807, 2.05) is 48.5 Å². The molecule has 0 saturated carbocycles. The van der Waals surface area contributed by atoms with Gasteiger partial charge in [0.25, 0.3) is 0 Å². The second-order valence-electron chi connectivity index (χ2n) is 4.17. The maximum absolute atomic E-state index is 9.17. The first kappa shape index (κ1) is 12.9. The molecule has 2 rings (SSSR count). The molecule has 0 aromatic heterocycles. The number of halogens is 1. The summed E-state index contributed by atoms with van der Waals surface area (Å²) in [6.07, 6.45) is -0.505. The molecule has 1 N–H and O–H groups in total. The first-order valence-electron chi connectivity index (χ1n) is 5.82. The summed E-state index contributed by atoms with van der Waals surface area (Å²) in [6.45, 7) is 1.91.